The normalized spacial score (nSPS) is 27.2. The minimum Gasteiger partial charge on any atom is -0.311 e. The molecule has 2 unspecified atom stereocenters. The summed E-state index contributed by atoms with van der Waals surface area (Å²) in [7, 11) is 1.91. The minimum atomic E-state index is 0.569. The molecule has 0 bridgehead atoms. The standard InChI is InChI=1S/C11H21N5/c1-4-11-5-12-9(2)6-16(11)8-10-7-15(3)14-13-10/h7,9,11-12H,4-6,8H2,1-3H3. The number of hydrogen-bond acceptors (Lipinski definition) is 4. The smallest absolute Gasteiger partial charge is 0.0967 e. The van der Waals surface area contributed by atoms with Gasteiger partial charge in [-0.1, -0.05) is 12.1 Å². The molecule has 0 spiro atoms. The first-order chi connectivity index (χ1) is 7.69. The number of hydrogen-bond donors (Lipinski definition) is 1. The Morgan fingerprint density at radius 1 is 1.56 bits per heavy atom. The van der Waals surface area contributed by atoms with Crippen LogP contribution in [0.3, 0.4) is 0 Å². The van der Waals surface area contributed by atoms with E-state index in [0.717, 1.165) is 25.3 Å². The Labute approximate surface area is 96.8 Å². The lowest BCUT2D eigenvalue weighted by Crippen LogP contribution is -2.54. The highest BCUT2D eigenvalue weighted by atomic mass is 15.4. The summed E-state index contributed by atoms with van der Waals surface area (Å²) in [6.07, 6.45) is 3.18. The zero-order chi connectivity index (χ0) is 11.5. The fraction of sp³-hybridized carbons (Fsp3) is 0.818. The molecule has 2 heterocycles. The Hall–Kier alpha value is -0.940. The number of piperazine rings is 1. The van der Waals surface area contributed by atoms with Gasteiger partial charge < -0.3 is 5.32 Å². The summed E-state index contributed by atoms with van der Waals surface area (Å²) in [5.41, 5.74) is 1.06. The van der Waals surface area contributed by atoms with Crippen LogP contribution < -0.4 is 5.32 Å². The van der Waals surface area contributed by atoms with Crippen molar-refractivity contribution in [2.45, 2.75) is 38.9 Å². The van der Waals surface area contributed by atoms with Crippen LogP contribution in [-0.2, 0) is 13.6 Å². The zero-order valence-electron chi connectivity index (χ0n) is 10.3. The Balaban J connectivity index is 2.00. The second kappa shape index (κ2) is 4.93. The van der Waals surface area contributed by atoms with Gasteiger partial charge in [0.1, 0.15) is 0 Å². The lowest BCUT2D eigenvalue weighted by molar-refractivity contribution is 0.122. The number of aromatic nitrogens is 3. The summed E-state index contributed by atoms with van der Waals surface area (Å²) < 4.78 is 1.77. The molecule has 1 N–H and O–H groups in total. The molecule has 2 rings (SSSR count). The third-order valence-corrected chi connectivity index (χ3v) is 3.21. The first-order valence-corrected chi connectivity index (χ1v) is 6.01. The van der Waals surface area contributed by atoms with Gasteiger partial charge in [0, 0.05) is 45.0 Å². The van der Waals surface area contributed by atoms with E-state index < -0.39 is 0 Å². The number of nitrogens with zero attached hydrogens (tertiary/aromatic N) is 4. The van der Waals surface area contributed by atoms with E-state index in [2.05, 4.69) is 34.4 Å². The van der Waals surface area contributed by atoms with E-state index in [4.69, 9.17) is 0 Å². The Morgan fingerprint density at radius 3 is 3.00 bits per heavy atom. The highest BCUT2D eigenvalue weighted by Gasteiger charge is 2.24. The number of nitrogens with one attached hydrogen (secondary N) is 1. The summed E-state index contributed by atoms with van der Waals surface area (Å²) in [6, 6.07) is 1.19. The summed E-state index contributed by atoms with van der Waals surface area (Å²) in [5.74, 6) is 0. The average Bonchev–Trinajstić information content (AvgIpc) is 2.64. The molecule has 0 aliphatic carbocycles. The van der Waals surface area contributed by atoms with Gasteiger partial charge in [0.05, 0.1) is 5.69 Å². The van der Waals surface area contributed by atoms with Crippen molar-refractivity contribution in [1.82, 2.24) is 25.2 Å². The van der Waals surface area contributed by atoms with Crippen molar-refractivity contribution < 1.29 is 0 Å². The summed E-state index contributed by atoms with van der Waals surface area (Å²) in [4.78, 5) is 2.51. The largest absolute Gasteiger partial charge is 0.311 e. The van der Waals surface area contributed by atoms with E-state index in [0.29, 0.717) is 12.1 Å². The monoisotopic (exact) mass is 223 g/mol. The van der Waals surface area contributed by atoms with Gasteiger partial charge in [-0.25, -0.2) is 0 Å². The molecular weight excluding hydrogens is 202 g/mol. The van der Waals surface area contributed by atoms with Crippen molar-refractivity contribution >= 4 is 0 Å². The molecule has 16 heavy (non-hydrogen) atoms. The molecule has 1 aromatic heterocycles. The van der Waals surface area contributed by atoms with Crippen LogP contribution in [0.25, 0.3) is 0 Å². The van der Waals surface area contributed by atoms with Crippen LogP contribution in [0.15, 0.2) is 6.20 Å². The van der Waals surface area contributed by atoms with Crippen molar-refractivity contribution in [2.75, 3.05) is 13.1 Å². The maximum Gasteiger partial charge on any atom is 0.0967 e. The molecular formula is C11H21N5. The fourth-order valence-corrected chi connectivity index (χ4v) is 2.30. The molecule has 1 saturated heterocycles. The molecule has 5 nitrogen and oxygen atoms in total. The van der Waals surface area contributed by atoms with Gasteiger partial charge in [-0.2, -0.15) is 0 Å². The molecule has 0 saturated carbocycles. The second-order valence-electron chi connectivity index (χ2n) is 4.68. The Morgan fingerprint density at radius 2 is 2.38 bits per heavy atom. The molecule has 1 aliphatic rings. The topological polar surface area (TPSA) is 46.0 Å². The molecule has 0 amide bonds. The second-order valence-corrected chi connectivity index (χ2v) is 4.68. The van der Waals surface area contributed by atoms with Gasteiger partial charge in [0.25, 0.3) is 0 Å². The average molecular weight is 223 g/mol. The van der Waals surface area contributed by atoms with Crippen molar-refractivity contribution in [3.8, 4) is 0 Å². The highest BCUT2D eigenvalue weighted by Crippen LogP contribution is 2.13. The van der Waals surface area contributed by atoms with E-state index >= 15 is 0 Å². The number of rotatable bonds is 3. The van der Waals surface area contributed by atoms with Gasteiger partial charge in [0.15, 0.2) is 0 Å². The van der Waals surface area contributed by atoms with E-state index in [1.807, 2.05) is 13.2 Å². The Kier molecular flexibility index (Phi) is 3.56. The minimum absolute atomic E-state index is 0.569. The fourth-order valence-electron chi connectivity index (χ4n) is 2.30. The van der Waals surface area contributed by atoms with Gasteiger partial charge in [-0.3, -0.25) is 9.58 Å². The predicted octanol–water partition coefficient (Wildman–Crippen LogP) is 0.387. The predicted molar refractivity (Wildman–Crippen MR) is 63.0 cm³/mol. The van der Waals surface area contributed by atoms with Gasteiger partial charge >= 0.3 is 0 Å². The molecule has 1 aliphatic heterocycles. The van der Waals surface area contributed by atoms with E-state index in [1.54, 1.807) is 4.68 Å². The SMILES string of the molecule is CCC1CNC(C)CN1Cc1cn(C)nn1. The van der Waals surface area contributed by atoms with Gasteiger partial charge in [-0.15, -0.1) is 5.10 Å². The molecule has 1 fully saturated rings. The molecule has 90 valence electrons. The van der Waals surface area contributed by atoms with Crippen LogP contribution >= 0.6 is 0 Å². The first-order valence-electron chi connectivity index (χ1n) is 6.01. The highest BCUT2D eigenvalue weighted by molar-refractivity contribution is 4.95. The third kappa shape index (κ3) is 2.59. The molecule has 0 aromatic carbocycles. The van der Waals surface area contributed by atoms with Crippen LogP contribution in [0.4, 0.5) is 0 Å². The number of aryl methyl sites for hydroxylation is 1. The van der Waals surface area contributed by atoms with E-state index in [9.17, 15) is 0 Å². The van der Waals surface area contributed by atoms with Crippen LogP contribution in [0.5, 0.6) is 0 Å². The van der Waals surface area contributed by atoms with E-state index in [-0.39, 0.29) is 0 Å². The van der Waals surface area contributed by atoms with Crippen molar-refractivity contribution in [3.63, 3.8) is 0 Å². The van der Waals surface area contributed by atoms with Crippen LogP contribution in [-0.4, -0.2) is 45.1 Å². The quantitative estimate of drug-likeness (QED) is 0.805. The van der Waals surface area contributed by atoms with E-state index in [1.165, 1.54) is 6.42 Å². The molecule has 5 heteroatoms. The van der Waals surface area contributed by atoms with Crippen molar-refractivity contribution in [2.24, 2.45) is 7.05 Å². The summed E-state index contributed by atoms with van der Waals surface area (Å²) in [5, 5.41) is 11.7. The third-order valence-electron chi connectivity index (χ3n) is 3.21. The molecule has 0 radical (unpaired) electrons. The van der Waals surface area contributed by atoms with Crippen molar-refractivity contribution in [3.05, 3.63) is 11.9 Å². The lowest BCUT2D eigenvalue weighted by atomic mass is 10.1. The van der Waals surface area contributed by atoms with Gasteiger partial charge in [0.2, 0.25) is 0 Å². The molecule has 2 atom stereocenters. The van der Waals surface area contributed by atoms with Crippen molar-refractivity contribution in [1.29, 1.82) is 0 Å². The molecule has 1 aromatic rings. The zero-order valence-corrected chi connectivity index (χ0v) is 10.3. The lowest BCUT2D eigenvalue weighted by Gasteiger charge is -2.38. The first kappa shape index (κ1) is 11.5. The van der Waals surface area contributed by atoms with Crippen LogP contribution in [0.1, 0.15) is 26.0 Å². The maximum absolute atomic E-state index is 4.15. The Bertz CT molecular complexity index is 335. The van der Waals surface area contributed by atoms with Crippen LogP contribution in [0.2, 0.25) is 0 Å². The summed E-state index contributed by atoms with van der Waals surface area (Å²) >= 11 is 0. The summed E-state index contributed by atoms with van der Waals surface area (Å²) in [6.45, 7) is 7.56. The maximum atomic E-state index is 4.15. The van der Waals surface area contributed by atoms with Gasteiger partial charge in [-0.05, 0) is 13.3 Å². The van der Waals surface area contributed by atoms with Crippen LogP contribution in [0, 0.1) is 0 Å².